The lowest BCUT2D eigenvalue weighted by molar-refractivity contribution is -0.145. The summed E-state index contributed by atoms with van der Waals surface area (Å²) < 4.78 is 7.03. The molecule has 2 aromatic carbocycles. The van der Waals surface area contributed by atoms with Gasteiger partial charge in [-0.1, -0.05) is 48.0 Å². The molecule has 0 fully saturated rings. The third-order valence-corrected chi connectivity index (χ3v) is 5.39. The van der Waals surface area contributed by atoms with Crippen molar-refractivity contribution in [3.63, 3.8) is 0 Å². The van der Waals surface area contributed by atoms with Gasteiger partial charge in [0.15, 0.2) is 0 Å². The number of halogens is 1. The summed E-state index contributed by atoms with van der Waals surface area (Å²) in [6, 6.07) is 15.2. The first-order chi connectivity index (χ1) is 14.5. The van der Waals surface area contributed by atoms with E-state index in [1.54, 1.807) is 19.1 Å². The average molecular weight is 427 g/mol. The number of ether oxygens (including phenoxy) is 1. The highest BCUT2D eigenvalue weighted by atomic mass is 35.5. The molecule has 7 heteroatoms. The maximum absolute atomic E-state index is 12.4. The molecule has 3 rings (SSSR count). The van der Waals surface area contributed by atoms with Crippen LogP contribution in [0.4, 0.5) is 0 Å². The first kappa shape index (κ1) is 21.6. The second-order valence-electron chi connectivity index (χ2n) is 6.97. The van der Waals surface area contributed by atoms with E-state index in [1.165, 1.54) is 0 Å². The lowest BCUT2D eigenvalue weighted by atomic mass is 9.94. The van der Waals surface area contributed by atoms with Crippen molar-refractivity contribution in [3.8, 4) is 0 Å². The summed E-state index contributed by atoms with van der Waals surface area (Å²) in [4.78, 5) is 35.2. The standard InChI is InChI=1S/C23H23ClN2O4/c1-2-30-23(29)17(10-11-27)16-8-9-20-18(12-16)19(13-21(25)28)22(24)26(20)14-15-6-4-3-5-7-15/h3-9,11-12,17H,2,10,13-14H2,1H3,(H2,25,28). The minimum atomic E-state index is -0.718. The molecule has 6 nitrogen and oxygen atoms in total. The van der Waals surface area contributed by atoms with Crippen LogP contribution in [0.5, 0.6) is 0 Å². The van der Waals surface area contributed by atoms with Gasteiger partial charge in [0.2, 0.25) is 5.91 Å². The fourth-order valence-electron chi connectivity index (χ4n) is 3.60. The van der Waals surface area contributed by atoms with Crippen LogP contribution in [0.3, 0.4) is 0 Å². The minimum absolute atomic E-state index is 0.00789. The van der Waals surface area contributed by atoms with E-state index < -0.39 is 17.8 Å². The lowest BCUT2D eigenvalue weighted by Gasteiger charge is -2.14. The summed E-state index contributed by atoms with van der Waals surface area (Å²) in [6.45, 7) is 2.46. The van der Waals surface area contributed by atoms with Gasteiger partial charge >= 0.3 is 5.97 Å². The van der Waals surface area contributed by atoms with E-state index in [0.29, 0.717) is 29.1 Å². The number of esters is 1. The van der Waals surface area contributed by atoms with E-state index >= 15 is 0 Å². The van der Waals surface area contributed by atoms with Crippen LogP contribution in [0.1, 0.15) is 36.0 Å². The fraction of sp³-hybridized carbons (Fsp3) is 0.261. The maximum atomic E-state index is 12.4. The van der Waals surface area contributed by atoms with Crippen LogP contribution in [0.15, 0.2) is 48.5 Å². The number of carbonyl (C=O) groups is 3. The Morgan fingerprint density at radius 2 is 1.93 bits per heavy atom. The molecule has 1 heterocycles. The summed E-state index contributed by atoms with van der Waals surface area (Å²) in [5.74, 6) is -1.68. The Morgan fingerprint density at radius 1 is 1.20 bits per heavy atom. The highest BCUT2D eigenvalue weighted by Gasteiger charge is 2.24. The summed E-state index contributed by atoms with van der Waals surface area (Å²) in [5.41, 5.74) is 8.56. The second kappa shape index (κ2) is 9.59. The SMILES string of the molecule is CCOC(=O)C(CC=O)c1ccc2c(c1)c(CC(N)=O)c(Cl)n2Cc1ccccc1. The molecule has 0 aliphatic heterocycles. The molecule has 0 saturated carbocycles. The third-order valence-electron chi connectivity index (χ3n) is 4.96. The highest BCUT2D eigenvalue weighted by molar-refractivity contribution is 6.32. The summed E-state index contributed by atoms with van der Waals surface area (Å²) in [6.07, 6.45) is 0.677. The Bertz CT molecular complexity index is 1080. The Labute approximate surface area is 179 Å². The molecule has 0 saturated heterocycles. The Hall–Kier alpha value is -3.12. The number of nitrogens with two attached hydrogens (primary N) is 1. The van der Waals surface area contributed by atoms with E-state index in [-0.39, 0.29) is 19.4 Å². The zero-order chi connectivity index (χ0) is 21.7. The van der Waals surface area contributed by atoms with Crippen molar-refractivity contribution < 1.29 is 19.1 Å². The number of nitrogens with zero attached hydrogens (tertiary/aromatic N) is 1. The number of hydrogen-bond donors (Lipinski definition) is 1. The molecule has 1 unspecified atom stereocenters. The van der Waals surface area contributed by atoms with E-state index in [9.17, 15) is 14.4 Å². The molecule has 0 spiro atoms. The van der Waals surface area contributed by atoms with Crippen LogP contribution in [-0.2, 0) is 32.1 Å². The van der Waals surface area contributed by atoms with Crippen LogP contribution < -0.4 is 5.73 Å². The molecule has 156 valence electrons. The summed E-state index contributed by atoms with van der Waals surface area (Å²) >= 11 is 6.66. The molecule has 2 N–H and O–H groups in total. The zero-order valence-electron chi connectivity index (χ0n) is 16.6. The number of carbonyl (C=O) groups excluding carboxylic acids is 3. The number of aldehydes is 1. The molecule has 30 heavy (non-hydrogen) atoms. The lowest BCUT2D eigenvalue weighted by Crippen LogP contribution is -2.16. The van der Waals surface area contributed by atoms with Crippen LogP contribution >= 0.6 is 11.6 Å². The maximum Gasteiger partial charge on any atom is 0.313 e. The minimum Gasteiger partial charge on any atom is -0.466 e. The van der Waals surface area contributed by atoms with Gasteiger partial charge in [-0.2, -0.15) is 0 Å². The monoisotopic (exact) mass is 426 g/mol. The van der Waals surface area contributed by atoms with Crippen LogP contribution in [-0.4, -0.2) is 29.3 Å². The molecule has 1 atom stereocenters. The van der Waals surface area contributed by atoms with E-state index in [2.05, 4.69) is 0 Å². The number of benzene rings is 2. The van der Waals surface area contributed by atoms with Crippen molar-refractivity contribution in [2.24, 2.45) is 5.73 Å². The second-order valence-corrected chi connectivity index (χ2v) is 7.33. The largest absolute Gasteiger partial charge is 0.466 e. The van der Waals surface area contributed by atoms with Crippen molar-refractivity contribution in [2.45, 2.75) is 32.2 Å². The first-order valence-electron chi connectivity index (χ1n) is 9.69. The smallest absolute Gasteiger partial charge is 0.313 e. The molecule has 0 radical (unpaired) electrons. The van der Waals surface area contributed by atoms with Gasteiger partial charge in [-0.25, -0.2) is 0 Å². The number of primary amides is 1. The van der Waals surface area contributed by atoms with Crippen molar-refractivity contribution in [3.05, 3.63) is 70.4 Å². The summed E-state index contributed by atoms with van der Waals surface area (Å²) in [7, 11) is 0. The zero-order valence-corrected chi connectivity index (χ0v) is 17.4. The molecule has 3 aromatic rings. The van der Waals surface area contributed by atoms with E-state index in [4.69, 9.17) is 22.1 Å². The quantitative estimate of drug-likeness (QED) is 0.418. The number of rotatable bonds is 9. The normalized spacial score (nSPS) is 11.9. The Morgan fingerprint density at radius 3 is 2.57 bits per heavy atom. The van der Waals surface area contributed by atoms with Gasteiger partial charge in [0.05, 0.1) is 18.9 Å². The topological polar surface area (TPSA) is 91.4 Å². The van der Waals surface area contributed by atoms with E-state index in [1.807, 2.05) is 41.0 Å². The van der Waals surface area contributed by atoms with Crippen molar-refractivity contribution >= 4 is 40.7 Å². The van der Waals surface area contributed by atoms with E-state index in [0.717, 1.165) is 16.5 Å². The van der Waals surface area contributed by atoms with Crippen LogP contribution in [0.2, 0.25) is 5.15 Å². The van der Waals surface area contributed by atoms with Gasteiger partial charge in [-0.05, 0) is 30.2 Å². The predicted octanol–water partition coefficient (Wildman–Crippen LogP) is 3.61. The van der Waals surface area contributed by atoms with Crippen LogP contribution in [0.25, 0.3) is 10.9 Å². The van der Waals surface area contributed by atoms with Gasteiger partial charge in [0.25, 0.3) is 0 Å². The van der Waals surface area contributed by atoms with Gasteiger partial charge in [0, 0.05) is 29.4 Å². The molecular weight excluding hydrogens is 404 g/mol. The van der Waals surface area contributed by atoms with Crippen LogP contribution in [0, 0.1) is 0 Å². The molecule has 1 amide bonds. The third kappa shape index (κ3) is 4.54. The number of aromatic nitrogens is 1. The number of fused-ring (bicyclic) bond motifs is 1. The highest BCUT2D eigenvalue weighted by Crippen LogP contribution is 2.34. The van der Waals surface area contributed by atoms with Gasteiger partial charge in [-0.3, -0.25) is 9.59 Å². The Kier molecular flexibility index (Phi) is 6.90. The number of hydrogen-bond acceptors (Lipinski definition) is 4. The fourth-order valence-corrected chi connectivity index (χ4v) is 3.92. The molecule has 0 bridgehead atoms. The van der Waals surface area contributed by atoms with Gasteiger partial charge < -0.3 is 19.8 Å². The van der Waals surface area contributed by atoms with Crippen molar-refractivity contribution in [1.29, 1.82) is 0 Å². The molecule has 0 aliphatic rings. The van der Waals surface area contributed by atoms with Crippen molar-refractivity contribution in [1.82, 2.24) is 4.57 Å². The van der Waals surface area contributed by atoms with Crippen molar-refractivity contribution in [2.75, 3.05) is 6.61 Å². The predicted molar refractivity (Wildman–Crippen MR) is 115 cm³/mol. The molecule has 1 aromatic heterocycles. The Balaban J connectivity index is 2.13. The number of amides is 1. The van der Waals surface area contributed by atoms with Gasteiger partial charge in [-0.15, -0.1) is 0 Å². The summed E-state index contributed by atoms with van der Waals surface area (Å²) in [5, 5.41) is 1.15. The first-order valence-corrected chi connectivity index (χ1v) is 10.1. The average Bonchev–Trinajstić information content (AvgIpc) is 2.97. The van der Waals surface area contributed by atoms with Gasteiger partial charge in [0.1, 0.15) is 11.4 Å². The molecular formula is C23H23ClN2O4. The molecule has 0 aliphatic carbocycles.